The van der Waals surface area contributed by atoms with Gasteiger partial charge in [0.05, 0.1) is 5.56 Å². The average Bonchev–Trinajstić information content (AvgIpc) is 3.21. The van der Waals surface area contributed by atoms with Crippen molar-refractivity contribution in [2.75, 3.05) is 6.54 Å². The van der Waals surface area contributed by atoms with Crippen molar-refractivity contribution in [1.29, 1.82) is 0 Å². The molecule has 1 amide bonds. The van der Waals surface area contributed by atoms with E-state index >= 15 is 0 Å². The highest BCUT2D eigenvalue weighted by atomic mass is 19.1. The molecule has 0 radical (unpaired) electrons. The molecule has 18 heavy (non-hydrogen) atoms. The van der Waals surface area contributed by atoms with E-state index in [-0.39, 0.29) is 17.2 Å². The van der Waals surface area contributed by atoms with Crippen LogP contribution in [0.15, 0.2) is 18.2 Å². The fourth-order valence-electron chi connectivity index (χ4n) is 2.20. The highest BCUT2D eigenvalue weighted by Crippen LogP contribution is 2.36. The lowest BCUT2D eigenvalue weighted by Crippen LogP contribution is -2.35. The van der Waals surface area contributed by atoms with Crippen molar-refractivity contribution >= 4 is 5.91 Å². The van der Waals surface area contributed by atoms with Gasteiger partial charge in [-0.1, -0.05) is 0 Å². The Bertz CT molecular complexity index is 481. The van der Waals surface area contributed by atoms with Gasteiger partial charge in [-0.15, -0.1) is 0 Å². The molecule has 96 valence electrons. The summed E-state index contributed by atoms with van der Waals surface area (Å²) in [5, 5.41) is 9.69. The lowest BCUT2D eigenvalue weighted by atomic mass is 10.1. The molecule has 0 aromatic heterocycles. The van der Waals surface area contributed by atoms with Gasteiger partial charge in [-0.3, -0.25) is 4.79 Å². The lowest BCUT2D eigenvalue weighted by Gasteiger charge is -2.22. The van der Waals surface area contributed by atoms with E-state index in [9.17, 15) is 14.3 Å². The van der Waals surface area contributed by atoms with E-state index in [1.807, 2.05) is 4.90 Å². The summed E-state index contributed by atoms with van der Waals surface area (Å²) in [4.78, 5) is 14.2. The van der Waals surface area contributed by atoms with Crippen LogP contribution in [0.5, 0.6) is 5.75 Å². The number of phenolic OH excluding ortho intramolecular Hbond substituents is 1. The summed E-state index contributed by atoms with van der Waals surface area (Å²) in [7, 11) is 0. The SMILES string of the molecule is O=C(c1cc(F)ccc1O)N(CC1CC1)C1CC1. The third-order valence-corrected chi connectivity index (χ3v) is 3.59. The number of nitrogens with zero attached hydrogens (tertiary/aromatic N) is 1. The Morgan fingerprint density at radius 1 is 1.33 bits per heavy atom. The highest BCUT2D eigenvalue weighted by Gasteiger charge is 2.37. The second kappa shape index (κ2) is 4.26. The van der Waals surface area contributed by atoms with Crippen molar-refractivity contribution in [3.63, 3.8) is 0 Å². The van der Waals surface area contributed by atoms with E-state index in [0.717, 1.165) is 31.5 Å². The van der Waals surface area contributed by atoms with E-state index in [1.54, 1.807) is 0 Å². The molecule has 4 heteroatoms. The summed E-state index contributed by atoms with van der Waals surface area (Å²) in [6, 6.07) is 3.82. The van der Waals surface area contributed by atoms with Crippen LogP contribution < -0.4 is 0 Å². The minimum atomic E-state index is -0.488. The molecule has 2 aliphatic carbocycles. The monoisotopic (exact) mass is 249 g/mol. The van der Waals surface area contributed by atoms with Gasteiger partial charge in [-0.05, 0) is 49.8 Å². The van der Waals surface area contributed by atoms with Gasteiger partial charge in [0.1, 0.15) is 11.6 Å². The largest absolute Gasteiger partial charge is 0.507 e. The summed E-state index contributed by atoms with van der Waals surface area (Å²) >= 11 is 0. The van der Waals surface area contributed by atoms with Crippen LogP contribution in [0.3, 0.4) is 0 Å². The van der Waals surface area contributed by atoms with E-state index in [1.165, 1.54) is 18.9 Å². The number of rotatable bonds is 4. The third kappa shape index (κ3) is 2.33. The normalized spacial score (nSPS) is 18.7. The molecule has 0 saturated heterocycles. The molecule has 0 atom stereocenters. The molecular formula is C14H16FNO2. The molecule has 1 N–H and O–H groups in total. The number of carbonyl (C=O) groups excluding carboxylic acids is 1. The molecule has 0 aliphatic heterocycles. The summed E-state index contributed by atoms with van der Waals surface area (Å²) < 4.78 is 13.2. The van der Waals surface area contributed by atoms with E-state index in [0.29, 0.717) is 12.0 Å². The number of hydrogen-bond acceptors (Lipinski definition) is 2. The molecule has 3 nitrogen and oxygen atoms in total. The Morgan fingerprint density at radius 3 is 2.67 bits per heavy atom. The van der Waals surface area contributed by atoms with Gasteiger partial charge in [0, 0.05) is 12.6 Å². The maximum absolute atomic E-state index is 13.2. The number of phenols is 1. The van der Waals surface area contributed by atoms with Crippen molar-refractivity contribution in [2.24, 2.45) is 5.92 Å². The fourth-order valence-corrected chi connectivity index (χ4v) is 2.20. The van der Waals surface area contributed by atoms with E-state index in [4.69, 9.17) is 0 Å². The van der Waals surface area contributed by atoms with Gasteiger partial charge < -0.3 is 10.0 Å². The Labute approximate surface area is 105 Å². The molecule has 2 fully saturated rings. The number of halogens is 1. The first kappa shape index (κ1) is 11.5. The number of benzene rings is 1. The smallest absolute Gasteiger partial charge is 0.257 e. The van der Waals surface area contributed by atoms with Crippen LogP contribution in [0.4, 0.5) is 4.39 Å². The van der Waals surface area contributed by atoms with Crippen molar-refractivity contribution in [1.82, 2.24) is 4.90 Å². The molecule has 3 rings (SSSR count). The third-order valence-electron chi connectivity index (χ3n) is 3.59. The zero-order valence-corrected chi connectivity index (χ0v) is 10.1. The number of amides is 1. The second-order valence-electron chi connectivity index (χ2n) is 5.29. The predicted octanol–water partition coefficient (Wildman–Crippen LogP) is 2.55. The first-order chi connectivity index (χ1) is 8.65. The van der Waals surface area contributed by atoms with Crippen molar-refractivity contribution in [2.45, 2.75) is 31.7 Å². The minimum Gasteiger partial charge on any atom is -0.507 e. The Morgan fingerprint density at radius 2 is 2.06 bits per heavy atom. The average molecular weight is 249 g/mol. The quantitative estimate of drug-likeness (QED) is 0.890. The van der Waals surface area contributed by atoms with E-state index in [2.05, 4.69) is 0 Å². The zero-order chi connectivity index (χ0) is 12.7. The fraction of sp³-hybridized carbons (Fsp3) is 0.500. The van der Waals surface area contributed by atoms with Gasteiger partial charge in [0.2, 0.25) is 0 Å². The highest BCUT2D eigenvalue weighted by molar-refractivity contribution is 5.97. The van der Waals surface area contributed by atoms with Crippen LogP contribution in [0.2, 0.25) is 0 Å². The molecule has 0 heterocycles. The van der Waals surface area contributed by atoms with Crippen LogP contribution in [0.1, 0.15) is 36.0 Å². The maximum Gasteiger partial charge on any atom is 0.257 e. The van der Waals surface area contributed by atoms with Crippen LogP contribution >= 0.6 is 0 Å². The maximum atomic E-state index is 13.2. The van der Waals surface area contributed by atoms with Crippen LogP contribution in [0, 0.1) is 11.7 Å². The van der Waals surface area contributed by atoms with Crippen molar-refractivity contribution in [3.8, 4) is 5.75 Å². The lowest BCUT2D eigenvalue weighted by molar-refractivity contribution is 0.0731. The topological polar surface area (TPSA) is 40.5 Å². The van der Waals surface area contributed by atoms with Gasteiger partial charge in [-0.25, -0.2) is 4.39 Å². The van der Waals surface area contributed by atoms with E-state index < -0.39 is 5.82 Å². The predicted molar refractivity (Wildman–Crippen MR) is 64.8 cm³/mol. The molecule has 1 aromatic rings. The molecular weight excluding hydrogens is 233 g/mol. The molecule has 0 spiro atoms. The van der Waals surface area contributed by atoms with Crippen LogP contribution in [-0.4, -0.2) is 28.5 Å². The summed E-state index contributed by atoms with van der Waals surface area (Å²) in [6.45, 7) is 0.749. The zero-order valence-electron chi connectivity index (χ0n) is 10.1. The molecule has 2 aliphatic rings. The number of hydrogen-bond donors (Lipinski definition) is 1. The van der Waals surface area contributed by atoms with Crippen LogP contribution in [0.25, 0.3) is 0 Å². The van der Waals surface area contributed by atoms with Gasteiger partial charge in [-0.2, -0.15) is 0 Å². The van der Waals surface area contributed by atoms with Gasteiger partial charge >= 0.3 is 0 Å². The number of aromatic hydroxyl groups is 1. The first-order valence-corrected chi connectivity index (χ1v) is 6.44. The standard InChI is InChI=1S/C14H16FNO2/c15-10-3-6-13(17)12(7-10)14(18)16(11-4-5-11)8-9-1-2-9/h3,6-7,9,11,17H,1-2,4-5,8H2. The van der Waals surface area contributed by atoms with Crippen molar-refractivity contribution in [3.05, 3.63) is 29.6 Å². The Balaban J connectivity index is 1.83. The van der Waals surface area contributed by atoms with Gasteiger partial charge in [0.25, 0.3) is 5.91 Å². The molecule has 1 aromatic carbocycles. The Hall–Kier alpha value is -1.58. The second-order valence-corrected chi connectivity index (χ2v) is 5.29. The Kier molecular flexibility index (Phi) is 2.73. The molecule has 2 saturated carbocycles. The van der Waals surface area contributed by atoms with Crippen LogP contribution in [-0.2, 0) is 0 Å². The molecule has 0 bridgehead atoms. The molecule has 0 unspecified atom stereocenters. The first-order valence-electron chi connectivity index (χ1n) is 6.44. The van der Waals surface area contributed by atoms with Gasteiger partial charge in [0.15, 0.2) is 0 Å². The summed E-state index contributed by atoms with van der Waals surface area (Å²) in [6.07, 6.45) is 4.39. The minimum absolute atomic E-state index is 0.0857. The van der Waals surface area contributed by atoms with Crippen molar-refractivity contribution < 1.29 is 14.3 Å². The number of carbonyl (C=O) groups is 1. The summed E-state index contributed by atoms with van der Waals surface area (Å²) in [5.41, 5.74) is 0.0857. The summed E-state index contributed by atoms with van der Waals surface area (Å²) in [5.74, 6) is -0.257.